The Kier molecular flexibility index (Phi) is 2.60. The highest BCUT2D eigenvalue weighted by molar-refractivity contribution is 9.10. The Hall–Kier alpha value is -1.40. The molecule has 0 aromatic carbocycles. The minimum Gasteiger partial charge on any atom is -0.467 e. The summed E-state index contributed by atoms with van der Waals surface area (Å²) in [4.78, 5) is 7.48. The Morgan fingerprint density at radius 3 is 3.18 bits per heavy atom. The van der Waals surface area contributed by atoms with E-state index in [9.17, 15) is 0 Å². The number of pyridine rings is 1. The van der Waals surface area contributed by atoms with Gasteiger partial charge in [-0.3, -0.25) is 4.57 Å². The number of nitrogens with one attached hydrogen (secondary N) is 1. The van der Waals surface area contributed by atoms with Crippen molar-refractivity contribution in [3.8, 4) is 0 Å². The molecule has 0 fully saturated rings. The van der Waals surface area contributed by atoms with Gasteiger partial charge in [-0.2, -0.15) is 0 Å². The lowest BCUT2D eigenvalue weighted by molar-refractivity contribution is 0.494. The van der Waals surface area contributed by atoms with Crippen LogP contribution in [0.15, 0.2) is 39.5 Å². The summed E-state index contributed by atoms with van der Waals surface area (Å²) < 4.78 is 8.79. The van der Waals surface area contributed by atoms with Gasteiger partial charge in [-0.1, -0.05) is 0 Å². The normalized spacial score (nSPS) is 11.1. The molecule has 0 saturated heterocycles. The van der Waals surface area contributed by atoms with Crippen molar-refractivity contribution in [2.75, 3.05) is 0 Å². The van der Waals surface area contributed by atoms with Crippen LogP contribution in [-0.2, 0) is 6.54 Å². The van der Waals surface area contributed by atoms with Crippen LogP contribution < -0.4 is 0 Å². The number of imidazole rings is 1. The third-order valence-electron chi connectivity index (χ3n) is 2.47. The van der Waals surface area contributed by atoms with Crippen molar-refractivity contribution in [2.45, 2.75) is 6.54 Å². The molecular formula is C11H8BrN3OS. The third kappa shape index (κ3) is 1.94. The number of nitrogens with zero attached hydrogens (tertiary/aromatic N) is 2. The third-order valence-corrected chi connectivity index (χ3v) is 3.23. The fourth-order valence-corrected chi connectivity index (χ4v) is 2.32. The van der Waals surface area contributed by atoms with Crippen LogP contribution in [-0.4, -0.2) is 14.5 Å². The van der Waals surface area contributed by atoms with E-state index >= 15 is 0 Å². The molecule has 0 aliphatic carbocycles. The molecule has 0 radical (unpaired) electrons. The number of fused-ring (bicyclic) bond motifs is 1. The maximum absolute atomic E-state index is 5.32. The predicted octanol–water partition coefficient (Wildman–Crippen LogP) is 3.50. The van der Waals surface area contributed by atoms with Gasteiger partial charge in [-0.25, -0.2) is 4.98 Å². The van der Waals surface area contributed by atoms with Gasteiger partial charge in [0.15, 0.2) is 10.4 Å². The average molecular weight is 310 g/mol. The molecule has 86 valence electrons. The van der Waals surface area contributed by atoms with E-state index in [1.807, 2.05) is 22.8 Å². The Balaban J connectivity index is 2.16. The Morgan fingerprint density at radius 1 is 1.53 bits per heavy atom. The van der Waals surface area contributed by atoms with E-state index in [0.717, 1.165) is 21.4 Å². The SMILES string of the molecule is S=c1[nH]c2cc(Br)cnc2n1Cc1ccco1. The van der Waals surface area contributed by atoms with Gasteiger partial charge >= 0.3 is 0 Å². The largest absolute Gasteiger partial charge is 0.467 e. The molecule has 17 heavy (non-hydrogen) atoms. The van der Waals surface area contributed by atoms with E-state index in [0.29, 0.717) is 11.3 Å². The average Bonchev–Trinajstić information content (AvgIpc) is 2.88. The number of hydrogen-bond acceptors (Lipinski definition) is 3. The quantitative estimate of drug-likeness (QED) is 0.737. The van der Waals surface area contributed by atoms with E-state index in [-0.39, 0.29) is 0 Å². The monoisotopic (exact) mass is 309 g/mol. The predicted molar refractivity (Wildman–Crippen MR) is 70.4 cm³/mol. The minimum atomic E-state index is 0.584. The van der Waals surface area contributed by atoms with Crippen LogP contribution >= 0.6 is 28.1 Å². The first-order valence-electron chi connectivity index (χ1n) is 5.00. The van der Waals surface area contributed by atoms with Crippen molar-refractivity contribution in [3.05, 3.63) is 45.7 Å². The topological polar surface area (TPSA) is 46.8 Å². The van der Waals surface area contributed by atoms with E-state index in [2.05, 4.69) is 25.9 Å². The molecule has 0 atom stereocenters. The number of halogens is 1. The zero-order valence-corrected chi connectivity index (χ0v) is 11.1. The molecule has 1 N–H and O–H groups in total. The van der Waals surface area contributed by atoms with Crippen molar-refractivity contribution in [2.24, 2.45) is 0 Å². The highest BCUT2D eigenvalue weighted by Gasteiger charge is 2.07. The summed E-state index contributed by atoms with van der Waals surface area (Å²) in [5, 5.41) is 0. The molecule has 3 heterocycles. The van der Waals surface area contributed by atoms with Crippen LogP contribution in [0, 0.1) is 4.77 Å². The van der Waals surface area contributed by atoms with Gasteiger partial charge in [0, 0.05) is 10.7 Å². The highest BCUT2D eigenvalue weighted by Crippen LogP contribution is 2.18. The van der Waals surface area contributed by atoms with Crippen LogP contribution in [0.25, 0.3) is 11.2 Å². The number of rotatable bonds is 2. The maximum Gasteiger partial charge on any atom is 0.179 e. The summed E-state index contributed by atoms with van der Waals surface area (Å²) >= 11 is 8.66. The molecule has 0 unspecified atom stereocenters. The Labute approximate surface area is 110 Å². The van der Waals surface area contributed by atoms with Gasteiger partial charge in [0.1, 0.15) is 5.76 Å². The molecule has 0 aliphatic heterocycles. The number of H-pyrrole nitrogens is 1. The first kappa shape index (κ1) is 10.7. The second kappa shape index (κ2) is 4.12. The number of aromatic nitrogens is 3. The molecule has 0 spiro atoms. The molecular weight excluding hydrogens is 302 g/mol. The van der Waals surface area contributed by atoms with Gasteiger partial charge in [-0.15, -0.1) is 0 Å². The standard InChI is InChI=1S/C11H8BrN3OS/c12-7-4-9-10(13-5-7)15(11(17)14-9)6-8-2-1-3-16-8/h1-5H,6H2,(H,14,17). The van der Waals surface area contributed by atoms with Gasteiger partial charge in [0.2, 0.25) is 0 Å². The smallest absolute Gasteiger partial charge is 0.179 e. The lowest BCUT2D eigenvalue weighted by Crippen LogP contribution is -1.99. The summed E-state index contributed by atoms with van der Waals surface area (Å²) in [5.74, 6) is 0.853. The molecule has 4 nitrogen and oxygen atoms in total. The van der Waals surface area contributed by atoms with Crippen LogP contribution in [0.5, 0.6) is 0 Å². The Morgan fingerprint density at radius 2 is 2.41 bits per heavy atom. The summed E-state index contributed by atoms with van der Waals surface area (Å²) in [6.07, 6.45) is 3.40. The molecule has 3 aromatic heterocycles. The summed E-state index contributed by atoms with van der Waals surface area (Å²) in [7, 11) is 0. The summed E-state index contributed by atoms with van der Waals surface area (Å²) in [6.45, 7) is 0.584. The summed E-state index contributed by atoms with van der Waals surface area (Å²) in [6, 6.07) is 5.73. The van der Waals surface area contributed by atoms with Crippen LogP contribution in [0.3, 0.4) is 0 Å². The first-order valence-corrected chi connectivity index (χ1v) is 6.20. The fourth-order valence-electron chi connectivity index (χ4n) is 1.72. The summed E-state index contributed by atoms with van der Waals surface area (Å²) in [5.41, 5.74) is 1.74. The van der Waals surface area contributed by atoms with Crippen LogP contribution in [0.4, 0.5) is 0 Å². The maximum atomic E-state index is 5.32. The molecule has 0 bridgehead atoms. The molecule has 0 saturated carbocycles. The van der Waals surface area contributed by atoms with Gasteiger partial charge in [-0.05, 0) is 46.3 Å². The zero-order valence-electron chi connectivity index (χ0n) is 8.68. The molecule has 6 heteroatoms. The second-order valence-electron chi connectivity index (χ2n) is 3.62. The van der Waals surface area contributed by atoms with Crippen molar-refractivity contribution in [1.29, 1.82) is 0 Å². The lowest BCUT2D eigenvalue weighted by atomic mass is 10.4. The van der Waals surface area contributed by atoms with E-state index in [1.54, 1.807) is 12.5 Å². The van der Waals surface area contributed by atoms with E-state index in [1.165, 1.54) is 0 Å². The van der Waals surface area contributed by atoms with Crippen LogP contribution in [0.2, 0.25) is 0 Å². The van der Waals surface area contributed by atoms with Gasteiger partial charge in [0.25, 0.3) is 0 Å². The molecule has 0 amide bonds. The molecule has 3 aromatic rings. The molecule has 3 rings (SSSR count). The van der Waals surface area contributed by atoms with Gasteiger partial charge in [0.05, 0.1) is 18.3 Å². The number of aromatic amines is 1. The number of hydrogen-bond donors (Lipinski definition) is 1. The van der Waals surface area contributed by atoms with E-state index in [4.69, 9.17) is 16.6 Å². The van der Waals surface area contributed by atoms with Crippen molar-refractivity contribution in [3.63, 3.8) is 0 Å². The Bertz CT molecular complexity index is 714. The van der Waals surface area contributed by atoms with Crippen LogP contribution in [0.1, 0.15) is 5.76 Å². The number of furan rings is 1. The molecule has 0 aliphatic rings. The lowest BCUT2D eigenvalue weighted by Gasteiger charge is -2.00. The zero-order chi connectivity index (χ0) is 11.8. The second-order valence-corrected chi connectivity index (χ2v) is 4.92. The first-order chi connectivity index (χ1) is 8.24. The van der Waals surface area contributed by atoms with Crippen molar-refractivity contribution in [1.82, 2.24) is 14.5 Å². The highest BCUT2D eigenvalue weighted by atomic mass is 79.9. The van der Waals surface area contributed by atoms with Crippen molar-refractivity contribution < 1.29 is 4.42 Å². The minimum absolute atomic E-state index is 0.584. The van der Waals surface area contributed by atoms with Crippen molar-refractivity contribution >= 4 is 39.3 Å². The van der Waals surface area contributed by atoms with E-state index < -0.39 is 0 Å². The fraction of sp³-hybridized carbons (Fsp3) is 0.0909. The van der Waals surface area contributed by atoms with Gasteiger partial charge < -0.3 is 9.40 Å².